The minimum atomic E-state index is -4.37. The molecule has 1 rings (SSSR count). The highest BCUT2D eigenvalue weighted by Gasteiger charge is 2.37. The molecule has 0 saturated heterocycles. The van der Waals surface area contributed by atoms with Crippen molar-refractivity contribution in [1.82, 2.24) is 4.37 Å². The van der Waals surface area contributed by atoms with E-state index in [1.54, 1.807) is 18.2 Å². The SMILES string of the molecule is CC(C)(C)c1cc(CC(C#N)(C#N)CCC(F)(F)F)sn1. The molecule has 1 heterocycles. The molecule has 0 amide bonds. The Bertz CT molecular complexity index is 556. The van der Waals surface area contributed by atoms with Gasteiger partial charge in [-0.2, -0.15) is 28.1 Å². The number of hydrogen-bond acceptors (Lipinski definition) is 4. The molecule has 3 nitrogen and oxygen atoms in total. The zero-order chi connectivity index (χ0) is 16.3. The monoisotopic (exact) mass is 315 g/mol. The maximum Gasteiger partial charge on any atom is 0.389 e. The summed E-state index contributed by atoms with van der Waals surface area (Å²) in [6, 6.07) is 5.27. The molecule has 0 spiro atoms. The molecule has 1 aromatic heterocycles. The summed E-state index contributed by atoms with van der Waals surface area (Å²) in [6.45, 7) is 5.91. The lowest BCUT2D eigenvalue weighted by Gasteiger charge is -2.18. The molecule has 0 bridgehead atoms. The van der Waals surface area contributed by atoms with Crippen LogP contribution in [-0.2, 0) is 11.8 Å². The Morgan fingerprint density at radius 3 is 2.10 bits per heavy atom. The van der Waals surface area contributed by atoms with Crippen molar-refractivity contribution in [3.8, 4) is 12.1 Å². The molecule has 0 saturated carbocycles. The summed E-state index contributed by atoms with van der Waals surface area (Å²) in [6.07, 6.45) is -6.06. The van der Waals surface area contributed by atoms with Gasteiger partial charge in [0.1, 0.15) is 5.41 Å². The van der Waals surface area contributed by atoms with Gasteiger partial charge in [-0.15, -0.1) is 0 Å². The van der Waals surface area contributed by atoms with E-state index in [9.17, 15) is 13.2 Å². The average molecular weight is 315 g/mol. The molecule has 0 aliphatic heterocycles. The van der Waals surface area contributed by atoms with E-state index in [2.05, 4.69) is 4.37 Å². The fourth-order valence-electron chi connectivity index (χ4n) is 1.71. The first-order chi connectivity index (χ1) is 9.51. The minimum absolute atomic E-state index is 0.0240. The molecule has 0 fully saturated rings. The third-order valence-corrected chi connectivity index (χ3v) is 3.85. The molecule has 0 atom stereocenters. The zero-order valence-electron chi connectivity index (χ0n) is 12.1. The summed E-state index contributed by atoms with van der Waals surface area (Å²) in [5.41, 5.74) is -1.03. The molecule has 114 valence electrons. The predicted molar refractivity (Wildman–Crippen MR) is 73.5 cm³/mol. The van der Waals surface area contributed by atoms with Gasteiger partial charge < -0.3 is 0 Å². The molecular formula is C14H16F3N3S. The second-order valence-electron chi connectivity index (χ2n) is 6.03. The first-order valence-corrected chi connectivity index (χ1v) is 7.14. The van der Waals surface area contributed by atoms with E-state index in [4.69, 9.17) is 10.5 Å². The lowest BCUT2D eigenvalue weighted by molar-refractivity contribution is -0.138. The number of nitrogens with zero attached hydrogens (tertiary/aromatic N) is 3. The Balaban J connectivity index is 2.92. The maximum atomic E-state index is 12.3. The minimum Gasteiger partial charge on any atom is -0.197 e. The molecule has 0 unspecified atom stereocenters. The van der Waals surface area contributed by atoms with Gasteiger partial charge in [0.25, 0.3) is 0 Å². The molecule has 7 heteroatoms. The van der Waals surface area contributed by atoms with E-state index in [0.29, 0.717) is 4.88 Å². The van der Waals surface area contributed by atoms with Crippen LogP contribution < -0.4 is 0 Å². The van der Waals surface area contributed by atoms with Gasteiger partial charge in [-0.05, 0) is 24.0 Å². The number of rotatable bonds is 4. The summed E-state index contributed by atoms with van der Waals surface area (Å²) in [5.74, 6) is 0. The van der Waals surface area contributed by atoms with Crippen molar-refractivity contribution < 1.29 is 13.2 Å². The number of hydrogen-bond donors (Lipinski definition) is 0. The van der Waals surface area contributed by atoms with Crippen LogP contribution in [0.3, 0.4) is 0 Å². The van der Waals surface area contributed by atoms with Crippen LogP contribution >= 0.6 is 11.5 Å². The Hall–Kier alpha value is -1.60. The highest BCUT2D eigenvalue weighted by Crippen LogP contribution is 2.35. The van der Waals surface area contributed by atoms with Crippen LogP contribution in [0.2, 0.25) is 0 Å². The average Bonchev–Trinajstić information content (AvgIpc) is 2.82. The fourth-order valence-corrected chi connectivity index (χ4v) is 2.72. The van der Waals surface area contributed by atoms with Crippen LogP contribution in [0.4, 0.5) is 13.2 Å². The summed E-state index contributed by atoms with van der Waals surface area (Å²) in [4.78, 5) is 0.658. The van der Waals surface area contributed by atoms with Crippen molar-refractivity contribution in [3.05, 3.63) is 16.6 Å². The van der Waals surface area contributed by atoms with Crippen molar-refractivity contribution in [3.63, 3.8) is 0 Å². The summed E-state index contributed by atoms with van der Waals surface area (Å²) in [5, 5.41) is 18.3. The Morgan fingerprint density at radius 1 is 1.14 bits per heavy atom. The van der Waals surface area contributed by atoms with Crippen LogP contribution in [0, 0.1) is 28.1 Å². The predicted octanol–water partition coefficient (Wildman–Crippen LogP) is 4.36. The van der Waals surface area contributed by atoms with Crippen LogP contribution in [0.5, 0.6) is 0 Å². The van der Waals surface area contributed by atoms with Crippen LogP contribution in [0.15, 0.2) is 6.07 Å². The van der Waals surface area contributed by atoms with Crippen LogP contribution in [0.1, 0.15) is 44.2 Å². The lowest BCUT2D eigenvalue weighted by atomic mass is 9.82. The molecule has 0 aliphatic rings. The van der Waals surface area contributed by atoms with Gasteiger partial charge in [-0.3, -0.25) is 0 Å². The summed E-state index contributed by atoms with van der Waals surface area (Å²) >= 11 is 1.13. The molecule has 0 aromatic carbocycles. The number of halogens is 3. The quantitative estimate of drug-likeness (QED) is 0.829. The van der Waals surface area contributed by atoms with E-state index < -0.39 is 24.4 Å². The third-order valence-electron chi connectivity index (χ3n) is 3.07. The summed E-state index contributed by atoms with van der Waals surface area (Å²) in [7, 11) is 0. The molecule has 0 N–H and O–H groups in total. The third kappa shape index (κ3) is 5.02. The number of nitriles is 2. The van der Waals surface area contributed by atoms with Crippen LogP contribution in [0.25, 0.3) is 0 Å². The first-order valence-electron chi connectivity index (χ1n) is 6.37. The normalized spacial score (nSPS) is 12.8. The van der Waals surface area contributed by atoms with Crippen molar-refractivity contribution >= 4 is 11.5 Å². The molecule has 21 heavy (non-hydrogen) atoms. The first kappa shape index (κ1) is 17.5. The second-order valence-corrected chi connectivity index (χ2v) is 6.92. The van der Waals surface area contributed by atoms with Crippen LogP contribution in [-0.4, -0.2) is 10.5 Å². The topological polar surface area (TPSA) is 60.5 Å². The lowest BCUT2D eigenvalue weighted by Crippen LogP contribution is -2.22. The van der Waals surface area contributed by atoms with E-state index in [1.165, 1.54) is 0 Å². The Morgan fingerprint density at radius 2 is 1.71 bits per heavy atom. The fraction of sp³-hybridized carbons (Fsp3) is 0.643. The maximum absolute atomic E-state index is 12.3. The Kier molecular flexibility index (Phi) is 5.01. The van der Waals surface area contributed by atoms with Gasteiger partial charge in [0.05, 0.1) is 17.8 Å². The van der Waals surface area contributed by atoms with Gasteiger partial charge in [-0.25, -0.2) is 0 Å². The van der Waals surface area contributed by atoms with E-state index in [-0.39, 0.29) is 11.8 Å². The van der Waals surface area contributed by atoms with Gasteiger partial charge >= 0.3 is 6.18 Å². The largest absolute Gasteiger partial charge is 0.389 e. The van der Waals surface area contributed by atoms with Gasteiger partial charge in [0.2, 0.25) is 0 Å². The molecular weight excluding hydrogens is 299 g/mol. The van der Waals surface area contributed by atoms with E-state index in [0.717, 1.165) is 17.2 Å². The second kappa shape index (κ2) is 6.03. The highest BCUT2D eigenvalue weighted by atomic mass is 32.1. The smallest absolute Gasteiger partial charge is 0.197 e. The van der Waals surface area contributed by atoms with Gasteiger partial charge in [-0.1, -0.05) is 20.8 Å². The van der Waals surface area contributed by atoms with E-state index >= 15 is 0 Å². The van der Waals surface area contributed by atoms with Gasteiger partial charge in [0, 0.05) is 23.1 Å². The van der Waals surface area contributed by atoms with Crippen molar-refractivity contribution in [2.24, 2.45) is 5.41 Å². The van der Waals surface area contributed by atoms with Crippen molar-refractivity contribution in [2.45, 2.75) is 51.6 Å². The van der Waals surface area contributed by atoms with E-state index in [1.807, 2.05) is 20.8 Å². The Labute approximate surface area is 126 Å². The van der Waals surface area contributed by atoms with Crippen molar-refractivity contribution in [1.29, 1.82) is 10.5 Å². The molecule has 1 aromatic rings. The highest BCUT2D eigenvalue weighted by molar-refractivity contribution is 7.05. The standard InChI is InChI=1S/C14H16F3N3S/c1-12(2,3)11-6-10(21-20-11)7-13(8-18,9-19)4-5-14(15,16)17/h6H,4-5,7H2,1-3H3. The zero-order valence-corrected chi connectivity index (χ0v) is 12.9. The molecule has 0 aliphatic carbocycles. The van der Waals surface area contributed by atoms with Gasteiger partial charge in [0.15, 0.2) is 0 Å². The number of aromatic nitrogens is 1. The summed E-state index contributed by atoms with van der Waals surface area (Å²) < 4.78 is 41.2. The number of alkyl halides is 3. The van der Waals surface area contributed by atoms with Crippen molar-refractivity contribution in [2.75, 3.05) is 0 Å². The molecule has 0 radical (unpaired) electrons.